The summed E-state index contributed by atoms with van der Waals surface area (Å²) in [5.41, 5.74) is 0.667. The number of rotatable bonds is 12. The maximum absolute atomic E-state index is 14.2. The van der Waals surface area contributed by atoms with Gasteiger partial charge in [0.25, 0.3) is 0 Å². The minimum absolute atomic E-state index is 0.239. The Balaban J connectivity index is 1.61. The Bertz CT molecular complexity index is 1310. The molecule has 3 rings (SSSR count). The third kappa shape index (κ3) is 8.54. The van der Waals surface area contributed by atoms with Crippen molar-refractivity contribution in [2.75, 3.05) is 38.6 Å². The number of esters is 1. The van der Waals surface area contributed by atoms with Crippen LogP contribution in [0.2, 0.25) is 0 Å². The minimum Gasteiger partial charge on any atom is -0.489 e. The minimum atomic E-state index is -0.548. The molecule has 40 heavy (non-hydrogen) atoms. The summed E-state index contributed by atoms with van der Waals surface area (Å²) in [6.07, 6.45) is 2.47. The van der Waals surface area contributed by atoms with Crippen molar-refractivity contribution in [3.63, 3.8) is 0 Å². The van der Waals surface area contributed by atoms with Crippen molar-refractivity contribution in [3.8, 4) is 5.75 Å². The standard InChI is InChI=1S/C28H39FN6O5/c1-8-38-26(36)22-17-31-35-13-11-24(33-25(22)35)32-19(3)21-15-20(29)9-10-23(21)39-18(2)16-30-12-14-34(7)27(37)40-28(4,5)6/h9-11,13,15,17-19,30H,8,12,14,16H2,1-7H3,(H,32,33)/t18-,19-/m1/s1. The van der Waals surface area contributed by atoms with Crippen LogP contribution in [0, 0.1) is 5.82 Å². The zero-order valence-electron chi connectivity index (χ0n) is 24.2. The van der Waals surface area contributed by atoms with Crippen LogP contribution in [0.5, 0.6) is 5.75 Å². The average Bonchev–Trinajstić information content (AvgIpc) is 3.30. The summed E-state index contributed by atoms with van der Waals surface area (Å²) in [6, 6.07) is 5.71. The summed E-state index contributed by atoms with van der Waals surface area (Å²) in [5.74, 6) is 0.107. The van der Waals surface area contributed by atoms with E-state index in [4.69, 9.17) is 14.2 Å². The molecule has 2 aromatic heterocycles. The molecule has 0 aliphatic heterocycles. The number of fused-ring (bicyclic) bond motifs is 1. The van der Waals surface area contributed by atoms with Gasteiger partial charge in [0.05, 0.1) is 18.8 Å². The van der Waals surface area contributed by atoms with Crippen LogP contribution in [-0.2, 0) is 9.47 Å². The summed E-state index contributed by atoms with van der Waals surface area (Å²) in [6.45, 7) is 12.7. The zero-order chi connectivity index (χ0) is 29.4. The summed E-state index contributed by atoms with van der Waals surface area (Å²) >= 11 is 0. The Morgan fingerprint density at radius 2 is 1.95 bits per heavy atom. The molecule has 0 aliphatic carbocycles. The quantitative estimate of drug-likeness (QED) is 0.246. The molecule has 0 radical (unpaired) electrons. The molecule has 1 amide bonds. The lowest BCUT2D eigenvalue weighted by Crippen LogP contribution is -2.39. The highest BCUT2D eigenvalue weighted by atomic mass is 19.1. The maximum Gasteiger partial charge on any atom is 0.410 e. The Kier molecular flexibility index (Phi) is 10.3. The van der Waals surface area contributed by atoms with Crippen molar-refractivity contribution in [1.82, 2.24) is 24.8 Å². The van der Waals surface area contributed by atoms with E-state index in [9.17, 15) is 14.0 Å². The highest BCUT2D eigenvalue weighted by molar-refractivity contribution is 5.95. The number of hydrogen-bond acceptors (Lipinski definition) is 9. The van der Waals surface area contributed by atoms with E-state index in [1.165, 1.54) is 27.7 Å². The lowest BCUT2D eigenvalue weighted by molar-refractivity contribution is 0.0299. The van der Waals surface area contributed by atoms with Crippen LogP contribution in [0.3, 0.4) is 0 Å². The largest absolute Gasteiger partial charge is 0.489 e. The fourth-order valence-electron chi connectivity index (χ4n) is 3.81. The first-order valence-electron chi connectivity index (χ1n) is 13.3. The van der Waals surface area contributed by atoms with Crippen LogP contribution in [0.4, 0.5) is 15.0 Å². The molecule has 11 nitrogen and oxygen atoms in total. The number of carbonyl (C=O) groups is 2. The third-order valence-corrected chi connectivity index (χ3v) is 5.76. The Morgan fingerprint density at radius 1 is 1.20 bits per heavy atom. The van der Waals surface area contributed by atoms with Gasteiger partial charge in [0, 0.05) is 38.4 Å². The van der Waals surface area contributed by atoms with Gasteiger partial charge >= 0.3 is 12.1 Å². The van der Waals surface area contributed by atoms with Gasteiger partial charge in [0.2, 0.25) is 0 Å². The highest BCUT2D eigenvalue weighted by Crippen LogP contribution is 2.29. The molecular formula is C28H39FN6O5. The van der Waals surface area contributed by atoms with Crippen LogP contribution in [0.25, 0.3) is 5.65 Å². The molecule has 0 saturated carbocycles. The van der Waals surface area contributed by atoms with Crippen LogP contribution >= 0.6 is 0 Å². The number of likely N-dealkylation sites (N-methyl/N-ethyl adjacent to an activating group) is 1. The molecule has 2 heterocycles. The number of nitrogens with zero attached hydrogens (tertiary/aromatic N) is 4. The molecule has 0 bridgehead atoms. The molecule has 0 fully saturated rings. The predicted octanol–water partition coefficient (Wildman–Crippen LogP) is 4.44. The molecule has 0 unspecified atom stereocenters. The third-order valence-electron chi connectivity index (χ3n) is 5.76. The predicted molar refractivity (Wildman–Crippen MR) is 149 cm³/mol. The number of hydrogen-bond donors (Lipinski definition) is 2. The normalized spacial score (nSPS) is 13.0. The topological polar surface area (TPSA) is 119 Å². The van der Waals surface area contributed by atoms with E-state index in [1.54, 1.807) is 32.3 Å². The van der Waals surface area contributed by atoms with Gasteiger partial charge in [-0.1, -0.05) is 0 Å². The first-order valence-corrected chi connectivity index (χ1v) is 13.3. The fraction of sp³-hybridized carbons (Fsp3) is 0.500. The second-order valence-electron chi connectivity index (χ2n) is 10.4. The Labute approximate surface area is 234 Å². The summed E-state index contributed by atoms with van der Waals surface area (Å²) in [7, 11) is 1.69. The van der Waals surface area contributed by atoms with E-state index in [0.717, 1.165) is 0 Å². The molecular weight excluding hydrogens is 519 g/mol. The Hall–Kier alpha value is -3.93. The van der Waals surface area contributed by atoms with E-state index in [1.807, 2.05) is 34.6 Å². The average molecular weight is 559 g/mol. The smallest absolute Gasteiger partial charge is 0.410 e. The van der Waals surface area contributed by atoms with Crippen molar-refractivity contribution in [1.29, 1.82) is 0 Å². The highest BCUT2D eigenvalue weighted by Gasteiger charge is 2.20. The lowest BCUT2D eigenvalue weighted by Gasteiger charge is -2.25. The van der Waals surface area contributed by atoms with Gasteiger partial charge in [-0.05, 0) is 65.8 Å². The number of anilines is 1. The van der Waals surface area contributed by atoms with E-state index in [0.29, 0.717) is 42.4 Å². The van der Waals surface area contributed by atoms with Gasteiger partial charge in [-0.25, -0.2) is 23.5 Å². The van der Waals surface area contributed by atoms with Gasteiger partial charge < -0.3 is 29.7 Å². The second-order valence-corrected chi connectivity index (χ2v) is 10.4. The monoisotopic (exact) mass is 558 g/mol. The number of benzene rings is 1. The SMILES string of the molecule is CCOC(=O)c1cnn2ccc(N[C@H](C)c3cc(F)ccc3O[C@H](C)CNCCN(C)C(=O)OC(C)(C)C)nc12. The van der Waals surface area contributed by atoms with Gasteiger partial charge in [-0.15, -0.1) is 0 Å². The second kappa shape index (κ2) is 13.4. The number of ether oxygens (including phenoxy) is 3. The molecule has 0 spiro atoms. The number of nitrogens with one attached hydrogen (secondary N) is 2. The van der Waals surface area contributed by atoms with Gasteiger partial charge in [-0.2, -0.15) is 5.10 Å². The Morgan fingerprint density at radius 3 is 2.65 bits per heavy atom. The molecule has 2 atom stereocenters. The van der Waals surface area contributed by atoms with Crippen molar-refractivity contribution in [2.24, 2.45) is 0 Å². The van der Waals surface area contributed by atoms with Gasteiger partial charge in [0.1, 0.15) is 34.7 Å². The molecule has 0 saturated heterocycles. The molecule has 3 aromatic rings. The van der Waals surface area contributed by atoms with E-state index >= 15 is 0 Å². The zero-order valence-corrected chi connectivity index (χ0v) is 24.2. The molecule has 1 aromatic carbocycles. The molecule has 0 aliphatic rings. The lowest BCUT2D eigenvalue weighted by atomic mass is 10.1. The fourth-order valence-corrected chi connectivity index (χ4v) is 3.81. The van der Waals surface area contributed by atoms with E-state index < -0.39 is 17.4 Å². The van der Waals surface area contributed by atoms with Crippen molar-refractivity contribution >= 4 is 23.5 Å². The van der Waals surface area contributed by atoms with Gasteiger partial charge in [-0.3, -0.25) is 0 Å². The number of carbonyl (C=O) groups excluding carboxylic acids is 2. The summed E-state index contributed by atoms with van der Waals surface area (Å²) in [5, 5.41) is 10.7. The van der Waals surface area contributed by atoms with Crippen LogP contribution in [0.1, 0.15) is 63.5 Å². The first kappa shape index (κ1) is 30.6. The number of halogens is 1. The van der Waals surface area contributed by atoms with Crippen LogP contribution in [-0.4, -0.2) is 76.6 Å². The number of amides is 1. The van der Waals surface area contributed by atoms with Crippen molar-refractivity contribution < 1.29 is 28.2 Å². The summed E-state index contributed by atoms with van der Waals surface area (Å²) in [4.78, 5) is 30.4. The molecule has 218 valence electrons. The van der Waals surface area contributed by atoms with Crippen molar-refractivity contribution in [3.05, 3.63) is 53.6 Å². The van der Waals surface area contributed by atoms with Gasteiger partial charge in [0.15, 0.2) is 5.65 Å². The van der Waals surface area contributed by atoms with E-state index in [-0.39, 0.29) is 30.4 Å². The first-order chi connectivity index (χ1) is 18.9. The van der Waals surface area contributed by atoms with E-state index in [2.05, 4.69) is 20.7 Å². The molecule has 2 N–H and O–H groups in total. The van der Waals surface area contributed by atoms with Crippen LogP contribution in [0.15, 0.2) is 36.7 Å². The summed E-state index contributed by atoms with van der Waals surface area (Å²) < 4.78 is 32.3. The van der Waals surface area contributed by atoms with Crippen LogP contribution < -0.4 is 15.4 Å². The van der Waals surface area contributed by atoms with Crippen molar-refractivity contribution in [2.45, 2.75) is 59.3 Å². The molecule has 12 heteroatoms. The number of aromatic nitrogens is 3. The maximum atomic E-state index is 14.2.